The van der Waals surface area contributed by atoms with Crippen LogP contribution in [0.1, 0.15) is 39.0 Å². The number of fused-ring (bicyclic) bond motifs is 2. The molecule has 5 rings (SSSR count). The third kappa shape index (κ3) is 3.31. The molecule has 1 amide bonds. The summed E-state index contributed by atoms with van der Waals surface area (Å²) in [5.74, 6) is 0.960. The first-order chi connectivity index (χ1) is 16.3. The van der Waals surface area contributed by atoms with Crippen molar-refractivity contribution in [3.8, 4) is 11.5 Å². The monoisotopic (exact) mass is 476 g/mol. The molecule has 8 heteroatoms. The van der Waals surface area contributed by atoms with Crippen LogP contribution in [-0.2, 0) is 0 Å². The molecule has 34 heavy (non-hydrogen) atoms. The van der Waals surface area contributed by atoms with E-state index in [9.17, 15) is 9.59 Å². The average molecular weight is 477 g/mol. The number of halogens is 1. The van der Waals surface area contributed by atoms with Gasteiger partial charge in [-0.3, -0.25) is 14.5 Å². The molecule has 0 fully saturated rings. The molecule has 2 aromatic heterocycles. The van der Waals surface area contributed by atoms with Crippen LogP contribution in [0.15, 0.2) is 57.7 Å². The van der Waals surface area contributed by atoms with Gasteiger partial charge in [0.05, 0.1) is 31.2 Å². The smallest absolute Gasteiger partial charge is 0.296 e. The quantitative estimate of drug-likeness (QED) is 0.401. The largest absolute Gasteiger partial charge is 0.493 e. The summed E-state index contributed by atoms with van der Waals surface area (Å²) in [6, 6.07) is 13.1. The van der Waals surface area contributed by atoms with Gasteiger partial charge < -0.3 is 13.9 Å². The van der Waals surface area contributed by atoms with E-state index in [0.717, 1.165) is 11.3 Å². The van der Waals surface area contributed by atoms with Gasteiger partial charge in [-0.2, -0.15) is 0 Å². The molecule has 3 heterocycles. The number of carbonyl (C=O) groups is 1. The molecule has 1 unspecified atom stereocenters. The van der Waals surface area contributed by atoms with Gasteiger partial charge in [0.1, 0.15) is 11.4 Å². The summed E-state index contributed by atoms with van der Waals surface area (Å²) in [5.41, 5.74) is 2.35. The number of hydrogen-bond donors (Lipinski definition) is 0. The summed E-state index contributed by atoms with van der Waals surface area (Å²) < 4.78 is 16.9. The van der Waals surface area contributed by atoms with Crippen LogP contribution < -0.4 is 19.8 Å². The number of aromatic nitrogens is 1. The number of nitrogens with zero attached hydrogens (tertiary/aromatic N) is 2. The molecule has 7 nitrogen and oxygen atoms in total. The minimum absolute atomic E-state index is 0.0117. The van der Waals surface area contributed by atoms with Gasteiger partial charge in [-0.05, 0) is 61.4 Å². The van der Waals surface area contributed by atoms with E-state index in [0.29, 0.717) is 38.9 Å². The Balaban J connectivity index is 1.83. The number of benzene rings is 2. The maximum absolute atomic E-state index is 13.8. The Kier molecular flexibility index (Phi) is 5.29. The van der Waals surface area contributed by atoms with Crippen molar-refractivity contribution in [1.29, 1.82) is 0 Å². The van der Waals surface area contributed by atoms with Gasteiger partial charge >= 0.3 is 0 Å². The van der Waals surface area contributed by atoms with Crippen molar-refractivity contribution in [1.82, 2.24) is 4.98 Å². The molecule has 4 aromatic rings. The van der Waals surface area contributed by atoms with Crippen molar-refractivity contribution < 1.29 is 18.7 Å². The summed E-state index contributed by atoms with van der Waals surface area (Å²) in [6.45, 7) is 3.65. The highest BCUT2D eigenvalue weighted by atomic mass is 35.5. The fourth-order valence-corrected chi connectivity index (χ4v) is 4.49. The van der Waals surface area contributed by atoms with E-state index in [-0.39, 0.29) is 16.8 Å². The Bertz CT molecular complexity index is 1530. The SMILES string of the molecule is COc1ccc(C2c3c(oc4cc(C)c(Cl)cc4c3=O)C(=O)N2c2cccc(C)n2)cc1OC. The standard InChI is InChI=1S/C26H21ClN2O5/c1-13-10-19-16(12-17(13)27)24(30)22-23(15-8-9-18(32-3)20(11-15)33-4)29(26(31)25(22)34-19)21-7-5-6-14(2)28-21/h5-12,23H,1-4H3. The zero-order valence-electron chi connectivity index (χ0n) is 19.0. The fraction of sp³-hybridized carbons (Fsp3) is 0.192. The van der Waals surface area contributed by atoms with Crippen molar-refractivity contribution in [3.05, 3.63) is 91.9 Å². The van der Waals surface area contributed by atoms with Crippen LogP contribution in [0.2, 0.25) is 5.02 Å². The summed E-state index contributed by atoms with van der Waals surface area (Å²) in [4.78, 5) is 33.5. The Labute approximate surface area is 200 Å². The number of carbonyl (C=O) groups excluding carboxylic acids is 1. The minimum Gasteiger partial charge on any atom is -0.493 e. The van der Waals surface area contributed by atoms with E-state index in [4.69, 9.17) is 25.5 Å². The molecule has 2 aromatic carbocycles. The molecule has 0 N–H and O–H groups in total. The van der Waals surface area contributed by atoms with E-state index < -0.39 is 11.9 Å². The predicted octanol–water partition coefficient (Wildman–Crippen LogP) is 5.23. The van der Waals surface area contributed by atoms with E-state index >= 15 is 0 Å². The van der Waals surface area contributed by atoms with Crippen LogP contribution in [0.5, 0.6) is 11.5 Å². The van der Waals surface area contributed by atoms with Gasteiger partial charge in [0, 0.05) is 10.7 Å². The van der Waals surface area contributed by atoms with E-state index in [1.165, 1.54) is 12.0 Å². The molecule has 0 spiro atoms. The molecule has 172 valence electrons. The number of anilines is 1. The van der Waals surface area contributed by atoms with Crippen molar-refractivity contribution in [2.24, 2.45) is 0 Å². The first-order valence-electron chi connectivity index (χ1n) is 10.6. The zero-order valence-corrected chi connectivity index (χ0v) is 19.8. The number of pyridine rings is 1. The highest BCUT2D eigenvalue weighted by Gasteiger charge is 2.44. The Morgan fingerprint density at radius 1 is 1.00 bits per heavy atom. The molecular weight excluding hydrogens is 456 g/mol. The zero-order chi connectivity index (χ0) is 24.1. The number of aryl methyl sites for hydroxylation is 2. The summed E-state index contributed by atoms with van der Waals surface area (Å²) >= 11 is 6.31. The third-order valence-corrected chi connectivity index (χ3v) is 6.40. The summed E-state index contributed by atoms with van der Waals surface area (Å²) in [7, 11) is 3.07. The molecule has 0 saturated carbocycles. The van der Waals surface area contributed by atoms with Gasteiger partial charge in [-0.15, -0.1) is 0 Å². The van der Waals surface area contributed by atoms with Crippen molar-refractivity contribution in [3.63, 3.8) is 0 Å². The van der Waals surface area contributed by atoms with Crippen LogP contribution >= 0.6 is 11.6 Å². The first kappa shape index (κ1) is 22.0. The number of amides is 1. The fourth-order valence-electron chi connectivity index (χ4n) is 4.33. The molecule has 1 aliphatic heterocycles. The maximum atomic E-state index is 13.8. The lowest BCUT2D eigenvalue weighted by molar-refractivity contribution is 0.0970. The topological polar surface area (TPSA) is 81.9 Å². The van der Waals surface area contributed by atoms with E-state index in [2.05, 4.69) is 4.98 Å². The summed E-state index contributed by atoms with van der Waals surface area (Å²) in [6.07, 6.45) is 0. The lowest BCUT2D eigenvalue weighted by atomic mass is 9.97. The van der Waals surface area contributed by atoms with Gasteiger partial charge in [-0.1, -0.05) is 23.7 Å². The molecular formula is C26H21ClN2O5. The Morgan fingerprint density at radius 2 is 1.76 bits per heavy atom. The lowest BCUT2D eigenvalue weighted by Crippen LogP contribution is -2.30. The normalized spacial score (nSPS) is 15.0. The predicted molar refractivity (Wildman–Crippen MR) is 129 cm³/mol. The maximum Gasteiger partial charge on any atom is 0.296 e. The first-order valence-corrected chi connectivity index (χ1v) is 11.0. The van der Waals surface area contributed by atoms with Crippen molar-refractivity contribution >= 4 is 34.3 Å². The highest BCUT2D eigenvalue weighted by Crippen LogP contribution is 2.43. The Hall–Kier alpha value is -3.84. The number of methoxy groups -OCH3 is 2. The minimum atomic E-state index is -0.780. The van der Waals surface area contributed by atoms with Gasteiger partial charge in [0.25, 0.3) is 5.91 Å². The second-order valence-electron chi connectivity index (χ2n) is 8.10. The molecule has 0 radical (unpaired) electrons. The van der Waals surface area contributed by atoms with Crippen molar-refractivity contribution in [2.45, 2.75) is 19.9 Å². The van der Waals surface area contributed by atoms with Crippen LogP contribution in [0.4, 0.5) is 5.82 Å². The Morgan fingerprint density at radius 3 is 2.47 bits per heavy atom. The lowest BCUT2D eigenvalue weighted by Gasteiger charge is -2.25. The van der Waals surface area contributed by atoms with Crippen molar-refractivity contribution in [2.75, 3.05) is 19.1 Å². The second-order valence-corrected chi connectivity index (χ2v) is 8.51. The van der Waals surface area contributed by atoms with E-state index in [1.807, 2.05) is 26.0 Å². The van der Waals surface area contributed by atoms with E-state index in [1.54, 1.807) is 43.5 Å². The second kappa shape index (κ2) is 8.18. The molecule has 0 aliphatic carbocycles. The summed E-state index contributed by atoms with van der Waals surface area (Å²) in [5, 5.41) is 0.760. The van der Waals surface area contributed by atoms with Crippen LogP contribution in [-0.4, -0.2) is 25.1 Å². The van der Waals surface area contributed by atoms with Gasteiger partial charge in [-0.25, -0.2) is 4.98 Å². The number of hydrogen-bond acceptors (Lipinski definition) is 6. The average Bonchev–Trinajstić information content (AvgIpc) is 3.12. The molecule has 1 aliphatic rings. The van der Waals surface area contributed by atoms with Crippen LogP contribution in [0, 0.1) is 13.8 Å². The number of rotatable bonds is 4. The third-order valence-electron chi connectivity index (χ3n) is 6.00. The molecule has 0 bridgehead atoms. The van der Waals surface area contributed by atoms with Gasteiger partial charge in [0.15, 0.2) is 16.9 Å². The van der Waals surface area contributed by atoms with Gasteiger partial charge in [0.2, 0.25) is 5.76 Å². The molecule has 1 atom stereocenters. The number of ether oxygens (including phenoxy) is 2. The van der Waals surface area contributed by atoms with Crippen LogP contribution in [0.25, 0.3) is 11.0 Å². The van der Waals surface area contributed by atoms with Crippen LogP contribution in [0.3, 0.4) is 0 Å². The molecule has 0 saturated heterocycles. The highest BCUT2D eigenvalue weighted by molar-refractivity contribution is 6.32.